The monoisotopic (exact) mass is 1350 g/mol. The van der Waals surface area contributed by atoms with Gasteiger partial charge >= 0.3 is 16.6 Å². The number of rotatable bonds is 25. The third kappa shape index (κ3) is 18.2. The number of unbranched alkanes of at least 4 members (excludes halogenated alkanes) is 4. The van der Waals surface area contributed by atoms with Crippen LogP contribution in [0, 0.1) is 68.0 Å². The maximum atomic E-state index is 12.2. The predicted molar refractivity (Wildman–Crippen MR) is 406 cm³/mol. The Labute approximate surface area is 592 Å². The van der Waals surface area contributed by atoms with E-state index >= 15 is 0 Å². The first kappa shape index (κ1) is 77.9. The fraction of sp³-hybridized carbons (Fsp3) is 0.369. The SMILES string of the molecule is CC1=C(C#N)C(=C(C#N)C#N)OC1(C)C.CCCCN(CCCC)c1ccc(/C=C/C2=C(C#N)C(=C(C#N)C#N)OC2(C)C)c(O[Si](c2ccccc2)(c2ccccc2)C(C)(C)C)c1.CCCCN(CCCC)c1ccc(C=O)c(O[Si](c2ccccc2)(c2ccccc2)C(C)(C)C)c1. The molecule has 0 N–H and O–H groups in total. The molecule has 0 aromatic heterocycles. The van der Waals surface area contributed by atoms with E-state index in [1.807, 2.05) is 74.5 Å². The molecule has 0 spiro atoms. The van der Waals surface area contributed by atoms with Gasteiger partial charge in [0.25, 0.3) is 0 Å². The molecule has 0 saturated heterocycles. The van der Waals surface area contributed by atoms with Gasteiger partial charge in [0, 0.05) is 60.8 Å². The van der Waals surface area contributed by atoms with Crippen LogP contribution < -0.4 is 39.4 Å². The van der Waals surface area contributed by atoms with Crippen molar-refractivity contribution in [1.82, 2.24) is 0 Å². The van der Waals surface area contributed by atoms with Crippen molar-refractivity contribution in [3.63, 3.8) is 0 Å². The van der Waals surface area contributed by atoms with Gasteiger partial charge in [-0.05, 0) is 121 Å². The quantitative estimate of drug-likeness (QED) is 0.0298. The van der Waals surface area contributed by atoms with Gasteiger partial charge < -0.3 is 28.1 Å². The summed E-state index contributed by atoms with van der Waals surface area (Å²) in [5.41, 5.74) is 3.61. The second kappa shape index (κ2) is 35.4. The highest BCUT2D eigenvalue weighted by molar-refractivity contribution is 7.00. The van der Waals surface area contributed by atoms with E-state index in [4.69, 9.17) is 34.1 Å². The van der Waals surface area contributed by atoms with E-state index in [1.54, 1.807) is 32.9 Å². The number of hydrogen-bond acceptors (Lipinski definition) is 13. The number of allylic oxidation sites excluding steroid dienone is 4. The maximum Gasteiger partial charge on any atom is 0.319 e. The van der Waals surface area contributed by atoms with Crippen molar-refractivity contribution in [1.29, 1.82) is 31.6 Å². The van der Waals surface area contributed by atoms with Crippen LogP contribution in [0.2, 0.25) is 10.1 Å². The van der Waals surface area contributed by atoms with E-state index in [0.717, 1.165) is 112 Å². The molecule has 0 radical (unpaired) electrons. The van der Waals surface area contributed by atoms with Gasteiger partial charge in [-0.2, -0.15) is 31.6 Å². The lowest BCUT2D eigenvalue weighted by Gasteiger charge is -2.43. The Hall–Kier alpha value is -10.1. The van der Waals surface area contributed by atoms with E-state index in [1.165, 1.54) is 20.7 Å². The Morgan fingerprint density at radius 2 is 0.788 bits per heavy atom. The van der Waals surface area contributed by atoms with E-state index in [2.05, 4.69) is 213 Å². The Bertz CT molecular complexity index is 4050. The summed E-state index contributed by atoms with van der Waals surface area (Å²) in [5, 5.41) is 60.0. The molecular formula is C84H98N8O5Si2. The van der Waals surface area contributed by atoms with Crippen LogP contribution in [0.25, 0.3) is 6.08 Å². The number of hydrogen-bond donors (Lipinski definition) is 0. The van der Waals surface area contributed by atoms with Gasteiger partial charge in [-0.3, -0.25) is 4.79 Å². The van der Waals surface area contributed by atoms with Crippen molar-refractivity contribution >= 4 is 61.1 Å². The van der Waals surface area contributed by atoms with E-state index in [0.29, 0.717) is 16.9 Å². The van der Waals surface area contributed by atoms with Crippen molar-refractivity contribution in [3.8, 4) is 47.9 Å². The van der Waals surface area contributed by atoms with E-state index in [9.17, 15) is 20.6 Å². The molecule has 99 heavy (non-hydrogen) atoms. The van der Waals surface area contributed by atoms with Crippen molar-refractivity contribution < 1.29 is 23.1 Å². The second-order valence-electron chi connectivity index (χ2n) is 27.9. The zero-order valence-corrected chi connectivity index (χ0v) is 62.8. The Morgan fingerprint density at radius 1 is 0.465 bits per heavy atom. The lowest BCUT2D eigenvalue weighted by Crippen LogP contribution is -2.68. The minimum absolute atomic E-state index is 0.0266. The Kier molecular flexibility index (Phi) is 27.8. The van der Waals surface area contributed by atoms with Gasteiger partial charge in [0.15, 0.2) is 29.0 Å². The average molecular weight is 1360 g/mol. The van der Waals surface area contributed by atoms with Gasteiger partial charge in [0.2, 0.25) is 0 Å². The highest BCUT2D eigenvalue weighted by Gasteiger charge is 2.54. The molecule has 0 aliphatic carbocycles. The molecule has 15 heteroatoms. The average Bonchev–Trinajstić information content (AvgIpc) is 1.70. The Balaban J connectivity index is 0.000000267. The molecule has 2 aliphatic rings. The number of ether oxygens (including phenoxy) is 2. The van der Waals surface area contributed by atoms with Crippen LogP contribution >= 0.6 is 0 Å². The largest absolute Gasteiger partial charge is 0.534 e. The molecule has 0 saturated carbocycles. The molecule has 0 atom stereocenters. The number of anilines is 2. The predicted octanol–water partition coefficient (Wildman–Crippen LogP) is 17.8. The molecule has 2 heterocycles. The summed E-state index contributed by atoms with van der Waals surface area (Å²) in [5.74, 6) is 1.58. The smallest absolute Gasteiger partial charge is 0.319 e. The fourth-order valence-electron chi connectivity index (χ4n) is 12.6. The number of aldehydes is 1. The Morgan fingerprint density at radius 3 is 1.10 bits per heavy atom. The lowest BCUT2D eigenvalue weighted by molar-refractivity contribution is 0.0927. The highest BCUT2D eigenvalue weighted by Crippen LogP contribution is 2.44. The topological polar surface area (TPSA) is 203 Å². The van der Waals surface area contributed by atoms with Gasteiger partial charge in [-0.1, -0.05) is 228 Å². The molecule has 8 rings (SSSR count). The van der Waals surface area contributed by atoms with E-state index < -0.39 is 27.8 Å². The number of benzene rings is 6. The molecule has 0 amide bonds. The first-order chi connectivity index (χ1) is 47.3. The molecule has 0 bridgehead atoms. The standard InChI is InChI=1S/C42H48N4O2Si.C31H41NO2Si.C11H9N3O/c1-8-10-26-46(27-11-9-2)34-24-22-32(23-25-38-37(31-45)40(33(29-43)30-44)47-42(38,6)7)39(28-34)48-49(41(3,4)5,35-18-14-12-15-19-35)36-20-16-13-17-21-36;1-6-8-22-32(23-9-7-2)27-21-20-26(25-33)30(24-27)34-35(31(3,4)5,28-16-12-10-13-17-28)29-18-14-11-15-19-29;1-7-9(6-14)10(8(4-12)5-13)15-11(7,2)3/h12-25,28H,8-11,26-27H2,1-7H3;10-21,24-25H,6-9,22-23H2,1-5H3;1-3H3/b25-23+;;. The van der Waals surface area contributed by atoms with Crippen LogP contribution in [0.1, 0.15) is 171 Å². The van der Waals surface area contributed by atoms with Crippen LogP contribution in [-0.2, 0) is 9.47 Å². The van der Waals surface area contributed by atoms with Crippen molar-refractivity contribution in [2.75, 3.05) is 36.0 Å². The van der Waals surface area contributed by atoms with E-state index in [-0.39, 0.29) is 43.9 Å². The number of nitriles is 6. The van der Waals surface area contributed by atoms with Gasteiger partial charge in [0.05, 0.1) is 11.1 Å². The maximum absolute atomic E-state index is 12.2. The van der Waals surface area contributed by atoms with Crippen molar-refractivity contribution in [2.24, 2.45) is 0 Å². The minimum atomic E-state index is -3.00. The number of carbonyl (C=O) groups is 1. The number of carbonyl (C=O) groups excluding carboxylic acids is 1. The molecular weight excluding hydrogens is 1260 g/mol. The van der Waals surface area contributed by atoms with Crippen LogP contribution in [0.3, 0.4) is 0 Å². The van der Waals surface area contributed by atoms with Gasteiger partial charge in [-0.25, -0.2) is 0 Å². The fourth-order valence-corrected chi connectivity index (χ4v) is 21.4. The van der Waals surface area contributed by atoms with Crippen LogP contribution in [0.15, 0.2) is 209 Å². The summed E-state index contributed by atoms with van der Waals surface area (Å²) in [6.07, 6.45) is 13.8. The summed E-state index contributed by atoms with van der Waals surface area (Å²) >= 11 is 0. The second-order valence-corrected chi connectivity index (χ2v) is 36.3. The van der Waals surface area contributed by atoms with Crippen LogP contribution in [0.4, 0.5) is 11.4 Å². The molecule has 6 aromatic carbocycles. The first-order valence-electron chi connectivity index (χ1n) is 34.6. The zero-order valence-electron chi connectivity index (χ0n) is 60.8. The third-order valence-corrected chi connectivity index (χ3v) is 28.1. The zero-order chi connectivity index (χ0) is 72.6. The van der Waals surface area contributed by atoms with Crippen molar-refractivity contribution in [3.05, 3.63) is 220 Å². The minimum Gasteiger partial charge on any atom is -0.534 e. The van der Waals surface area contributed by atoms with Crippen LogP contribution in [-0.4, -0.2) is 60.3 Å². The molecule has 13 nitrogen and oxygen atoms in total. The van der Waals surface area contributed by atoms with Crippen LogP contribution in [0.5, 0.6) is 11.5 Å². The third-order valence-electron chi connectivity index (χ3n) is 18.3. The van der Waals surface area contributed by atoms with Gasteiger partial charge in [0.1, 0.15) is 64.7 Å². The molecule has 512 valence electrons. The summed E-state index contributed by atoms with van der Waals surface area (Å²) in [4.78, 5) is 17.1. The lowest BCUT2D eigenvalue weighted by atomic mass is 9.94. The molecule has 2 aliphatic heterocycles. The summed E-state index contributed by atoms with van der Waals surface area (Å²) in [6.45, 7) is 35.5. The first-order valence-corrected chi connectivity index (χ1v) is 38.4. The molecule has 6 aromatic rings. The number of nitrogens with zero attached hydrogens (tertiary/aromatic N) is 8. The van der Waals surface area contributed by atoms with Crippen molar-refractivity contribution in [2.45, 2.75) is 177 Å². The molecule has 0 fully saturated rings. The summed E-state index contributed by atoms with van der Waals surface area (Å²) < 4.78 is 26.4. The summed E-state index contributed by atoms with van der Waals surface area (Å²) in [7, 11) is -5.82. The van der Waals surface area contributed by atoms with Gasteiger partial charge in [-0.15, -0.1) is 0 Å². The highest BCUT2D eigenvalue weighted by atomic mass is 28.4. The summed E-state index contributed by atoms with van der Waals surface area (Å²) in [6, 6.07) is 66.3. The molecule has 0 unspecified atom stereocenters. The normalized spacial score (nSPS) is 13.8.